The molecule has 9 heteroatoms. The molecule has 3 aromatic rings. The number of aromatic amines is 1. The number of nitrogens with zero attached hydrogens (tertiary/aromatic N) is 2. The van der Waals surface area contributed by atoms with E-state index in [4.69, 9.17) is 5.73 Å². The summed E-state index contributed by atoms with van der Waals surface area (Å²) in [5.74, 6) is 0.351. The van der Waals surface area contributed by atoms with E-state index in [1.807, 2.05) is 40.7 Å². The molecule has 3 rings (SSSR count). The summed E-state index contributed by atoms with van der Waals surface area (Å²) in [5, 5.41) is 6.51. The number of nitrogens with one attached hydrogen (secondary N) is 3. The Kier molecular flexibility index (Phi) is 11.9. The minimum Gasteiger partial charge on any atom is -0.386 e. The molecule has 1 aromatic carbocycles. The highest BCUT2D eigenvalue weighted by Crippen LogP contribution is 2.22. The molecule has 1 atom stereocenters. The number of benzene rings is 1. The van der Waals surface area contributed by atoms with Crippen molar-refractivity contribution >= 4 is 11.0 Å². The number of H-pyrrole nitrogens is 1. The van der Waals surface area contributed by atoms with Crippen molar-refractivity contribution in [2.75, 3.05) is 13.1 Å². The molecular formula is C24H36F2N6O. The summed E-state index contributed by atoms with van der Waals surface area (Å²) in [7, 11) is 0. The van der Waals surface area contributed by atoms with Gasteiger partial charge in [-0.3, -0.25) is 4.57 Å². The molecule has 2 aromatic heterocycles. The molecule has 0 aliphatic heterocycles. The Morgan fingerprint density at radius 1 is 1.18 bits per heavy atom. The molecule has 7 nitrogen and oxygen atoms in total. The van der Waals surface area contributed by atoms with Crippen molar-refractivity contribution in [1.29, 1.82) is 0 Å². The number of aromatic nitrogens is 3. The summed E-state index contributed by atoms with van der Waals surface area (Å²) in [4.78, 5) is 19.3. The molecule has 0 aliphatic rings. The van der Waals surface area contributed by atoms with E-state index < -0.39 is 18.2 Å². The van der Waals surface area contributed by atoms with E-state index >= 15 is 0 Å². The minimum absolute atomic E-state index is 0.351. The van der Waals surface area contributed by atoms with E-state index in [1.165, 1.54) is 4.57 Å². The number of fused-ring (bicyclic) bond motifs is 1. The first-order valence-electron chi connectivity index (χ1n) is 11.2. The number of nitrogens with two attached hydrogens (primary N) is 1. The maximum Gasteiger partial charge on any atom is 0.354 e. The third-order valence-electron chi connectivity index (χ3n) is 4.49. The lowest BCUT2D eigenvalue weighted by Crippen LogP contribution is -2.30. The van der Waals surface area contributed by atoms with Gasteiger partial charge in [-0.1, -0.05) is 46.4 Å². The van der Waals surface area contributed by atoms with Crippen molar-refractivity contribution in [3.8, 4) is 5.69 Å². The lowest BCUT2D eigenvalue weighted by atomic mass is 10.1. The third kappa shape index (κ3) is 8.02. The van der Waals surface area contributed by atoms with Crippen molar-refractivity contribution in [1.82, 2.24) is 25.2 Å². The molecule has 0 fully saturated rings. The number of alkyl halides is 2. The van der Waals surface area contributed by atoms with Gasteiger partial charge in [0.1, 0.15) is 5.65 Å². The van der Waals surface area contributed by atoms with Crippen LogP contribution >= 0.6 is 0 Å². The molecule has 0 amide bonds. The largest absolute Gasteiger partial charge is 0.386 e. The fraction of sp³-hybridized carbons (Fsp3) is 0.417. The molecule has 1 unspecified atom stereocenters. The predicted octanol–water partition coefficient (Wildman–Crippen LogP) is 4.38. The average molecular weight is 463 g/mol. The smallest absolute Gasteiger partial charge is 0.354 e. The van der Waals surface area contributed by atoms with Crippen LogP contribution in [0.1, 0.15) is 51.4 Å². The van der Waals surface area contributed by atoms with Crippen molar-refractivity contribution in [3.05, 3.63) is 70.7 Å². The quantitative estimate of drug-likeness (QED) is 0.354. The summed E-state index contributed by atoms with van der Waals surface area (Å²) in [6.45, 7) is 14.3. The van der Waals surface area contributed by atoms with Crippen LogP contribution in [0.3, 0.4) is 0 Å². The summed E-state index contributed by atoms with van der Waals surface area (Å²) in [6, 6.07) is 7.26. The monoisotopic (exact) mass is 462 g/mol. The normalized spacial score (nSPS) is 11.3. The molecule has 182 valence electrons. The predicted molar refractivity (Wildman–Crippen MR) is 132 cm³/mol. The van der Waals surface area contributed by atoms with Crippen molar-refractivity contribution in [3.63, 3.8) is 0 Å². The molecule has 33 heavy (non-hydrogen) atoms. The second kappa shape index (κ2) is 14.1. The van der Waals surface area contributed by atoms with Gasteiger partial charge in [-0.2, -0.15) is 4.98 Å². The first-order chi connectivity index (χ1) is 15.8. The van der Waals surface area contributed by atoms with E-state index in [0.717, 1.165) is 11.1 Å². The van der Waals surface area contributed by atoms with E-state index in [9.17, 15) is 13.6 Å². The summed E-state index contributed by atoms with van der Waals surface area (Å²) < 4.78 is 28.4. The SMILES string of the molecule is C=C(N)NCCCNC(c1ccc(-n2cc3cc(C)[nH]c3nc2=O)cc1)C(F)F.CC.CC. The zero-order valence-corrected chi connectivity index (χ0v) is 20.1. The fourth-order valence-corrected chi connectivity index (χ4v) is 3.11. The summed E-state index contributed by atoms with van der Waals surface area (Å²) in [6.07, 6.45) is -0.263. The van der Waals surface area contributed by atoms with E-state index in [2.05, 4.69) is 27.2 Å². The standard InChI is InChI=1S/C20H24F2N6O.2C2H6/c1-12-10-15-11-28(20(29)27-19(15)26-12)16-6-4-14(5-7-16)17(18(21)22)25-9-3-8-24-13(2)23;2*1-2/h4-7,10-11,17-18,24-25H,2-3,8-9,23H2,1H3,(H,26,27,29);2*1-2H3. The van der Waals surface area contributed by atoms with Crippen LogP contribution < -0.4 is 22.1 Å². The number of halogens is 2. The Morgan fingerprint density at radius 3 is 2.39 bits per heavy atom. The highest BCUT2D eigenvalue weighted by molar-refractivity contribution is 5.75. The lowest BCUT2D eigenvalue weighted by molar-refractivity contribution is 0.0983. The van der Waals surface area contributed by atoms with Crippen LogP contribution in [0.5, 0.6) is 0 Å². The molecular weight excluding hydrogens is 426 g/mol. The van der Waals surface area contributed by atoms with Crippen molar-refractivity contribution in [2.24, 2.45) is 5.73 Å². The Morgan fingerprint density at radius 2 is 1.82 bits per heavy atom. The molecule has 0 saturated heterocycles. The molecule has 0 bridgehead atoms. The molecule has 0 aliphatic carbocycles. The average Bonchev–Trinajstić information content (AvgIpc) is 3.17. The van der Waals surface area contributed by atoms with Gasteiger partial charge < -0.3 is 21.4 Å². The topological polar surface area (TPSA) is 101 Å². The van der Waals surface area contributed by atoms with Gasteiger partial charge in [-0.25, -0.2) is 13.6 Å². The molecule has 0 saturated carbocycles. The number of hydrogen-bond donors (Lipinski definition) is 4. The Bertz CT molecular complexity index is 1040. The first-order valence-corrected chi connectivity index (χ1v) is 11.2. The van der Waals surface area contributed by atoms with Crippen LogP contribution in [0.2, 0.25) is 0 Å². The van der Waals surface area contributed by atoms with Crippen molar-refractivity contribution < 1.29 is 8.78 Å². The zero-order chi connectivity index (χ0) is 25.0. The third-order valence-corrected chi connectivity index (χ3v) is 4.49. The highest BCUT2D eigenvalue weighted by Gasteiger charge is 2.21. The van der Waals surface area contributed by atoms with Crippen LogP contribution in [-0.2, 0) is 0 Å². The number of aryl methyl sites for hydroxylation is 1. The first kappa shape index (κ1) is 27.8. The number of rotatable bonds is 9. The van der Waals surface area contributed by atoms with Gasteiger partial charge in [-0.15, -0.1) is 0 Å². The molecule has 0 spiro atoms. The molecule has 0 radical (unpaired) electrons. The van der Waals surface area contributed by atoms with Gasteiger partial charge in [0.25, 0.3) is 6.43 Å². The van der Waals surface area contributed by atoms with Gasteiger partial charge in [0.05, 0.1) is 17.6 Å². The fourth-order valence-electron chi connectivity index (χ4n) is 3.11. The van der Waals surface area contributed by atoms with Gasteiger partial charge in [0.15, 0.2) is 0 Å². The van der Waals surface area contributed by atoms with Crippen LogP contribution in [0.4, 0.5) is 8.78 Å². The molecule has 2 heterocycles. The van der Waals surface area contributed by atoms with Crippen LogP contribution in [0, 0.1) is 6.92 Å². The second-order valence-corrected chi connectivity index (χ2v) is 6.81. The summed E-state index contributed by atoms with van der Waals surface area (Å²) in [5.41, 5.74) is 7.39. The minimum atomic E-state index is -2.57. The molecule has 5 N–H and O–H groups in total. The zero-order valence-electron chi connectivity index (χ0n) is 20.1. The van der Waals surface area contributed by atoms with Gasteiger partial charge in [0.2, 0.25) is 0 Å². The Hall–Kier alpha value is -3.20. The van der Waals surface area contributed by atoms with Crippen LogP contribution in [0.25, 0.3) is 16.7 Å². The lowest BCUT2D eigenvalue weighted by Gasteiger charge is -2.19. The summed E-state index contributed by atoms with van der Waals surface area (Å²) >= 11 is 0. The van der Waals surface area contributed by atoms with Gasteiger partial charge in [0, 0.05) is 23.8 Å². The second-order valence-electron chi connectivity index (χ2n) is 6.81. The van der Waals surface area contributed by atoms with Crippen LogP contribution in [0.15, 0.2) is 53.7 Å². The Labute approximate surface area is 194 Å². The number of hydrogen-bond acceptors (Lipinski definition) is 5. The Balaban J connectivity index is 0.00000129. The van der Waals surface area contributed by atoms with Gasteiger partial charge >= 0.3 is 5.69 Å². The van der Waals surface area contributed by atoms with Crippen LogP contribution in [-0.4, -0.2) is 34.1 Å². The van der Waals surface area contributed by atoms with E-state index in [1.54, 1.807) is 30.5 Å². The van der Waals surface area contributed by atoms with E-state index in [0.29, 0.717) is 42.2 Å². The van der Waals surface area contributed by atoms with Crippen molar-refractivity contribution in [2.45, 2.75) is 53.5 Å². The maximum absolute atomic E-state index is 13.5. The van der Waals surface area contributed by atoms with E-state index in [-0.39, 0.29) is 0 Å². The maximum atomic E-state index is 13.5. The van der Waals surface area contributed by atoms with Gasteiger partial charge in [-0.05, 0) is 43.7 Å². The highest BCUT2D eigenvalue weighted by atomic mass is 19.3.